The normalized spacial score (nSPS) is 10.0. The van der Waals surface area contributed by atoms with Gasteiger partial charge < -0.3 is 0 Å². The zero-order valence-corrected chi connectivity index (χ0v) is 6.93. The molecular weight excluding hydrogens is 160 g/mol. The van der Waals surface area contributed by atoms with Gasteiger partial charge in [0, 0.05) is 11.6 Å². The Kier molecular flexibility index (Phi) is 3.36. The lowest BCUT2D eigenvalue weighted by atomic mass is 10.2. The molecule has 0 amide bonds. The number of hydrogen-bond donors (Lipinski definition) is 2. The molecule has 0 saturated carbocycles. The predicted octanol–water partition coefficient (Wildman–Crippen LogP) is 1.35. The second-order valence-corrected chi connectivity index (χ2v) is 2.77. The minimum atomic E-state index is 0.773. The van der Waals surface area contributed by atoms with Crippen LogP contribution in [0.5, 0.6) is 0 Å². The first-order valence-electron chi connectivity index (χ1n) is 3.51. The van der Waals surface area contributed by atoms with Crippen LogP contribution in [0.4, 0.5) is 0 Å². The van der Waals surface area contributed by atoms with Crippen molar-refractivity contribution in [3.63, 3.8) is 0 Å². The van der Waals surface area contributed by atoms with E-state index in [4.69, 9.17) is 17.4 Å². The summed E-state index contributed by atoms with van der Waals surface area (Å²) in [6, 6.07) is 7.76. The maximum atomic E-state index is 5.71. The average molecular weight is 171 g/mol. The van der Waals surface area contributed by atoms with Crippen LogP contribution in [0.2, 0.25) is 5.02 Å². The van der Waals surface area contributed by atoms with Gasteiger partial charge in [-0.1, -0.05) is 23.7 Å². The van der Waals surface area contributed by atoms with Crippen molar-refractivity contribution in [3.8, 4) is 0 Å². The Bertz CT molecular complexity index is 208. The molecule has 1 aromatic carbocycles. The summed E-state index contributed by atoms with van der Waals surface area (Å²) in [4.78, 5) is 0. The molecule has 0 unspecified atom stereocenters. The predicted molar refractivity (Wildman–Crippen MR) is 47.3 cm³/mol. The molecule has 2 nitrogen and oxygen atoms in total. The van der Waals surface area contributed by atoms with Gasteiger partial charge in [0.2, 0.25) is 0 Å². The van der Waals surface area contributed by atoms with Crippen molar-refractivity contribution in [1.29, 1.82) is 0 Å². The topological polar surface area (TPSA) is 38.0 Å². The number of rotatable bonds is 3. The van der Waals surface area contributed by atoms with Crippen molar-refractivity contribution in [1.82, 2.24) is 5.43 Å². The molecule has 0 atom stereocenters. The fraction of sp³-hybridized carbons (Fsp3) is 0.250. The van der Waals surface area contributed by atoms with Gasteiger partial charge in [-0.05, 0) is 24.1 Å². The van der Waals surface area contributed by atoms with Crippen LogP contribution < -0.4 is 11.3 Å². The molecule has 0 aliphatic heterocycles. The number of nitrogens with one attached hydrogen (secondary N) is 1. The lowest BCUT2D eigenvalue weighted by Crippen LogP contribution is -2.24. The molecule has 0 radical (unpaired) electrons. The summed E-state index contributed by atoms with van der Waals surface area (Å²) in [7, 11) is 0. The highest BCUT2D eigenvalue weighted by Gasteiger charge is 1.90. The van der Waals surface area contributed by atoms with Gasteiger partial charge in [-0.3, -0.25) is 11.3 Å². The molecule has 0 bridgehead atoms. The van der Waals surface area contributed by atoms with Crippen LogP contribution in [0, 0.1) is 0 Å². The molecule has 1 aromatic rings. The minimum absolute atomic E-state index is 0.773. The highest BCUT2D eigenvalue weighted by atomic mass is 35.5. The zero-order chi connectivity index (χ0) is 8.10. The van der Waals surface area contributed by atoms with Crippen LogP contribution in [0.3, 0.4) is 0 Å². The van der Waals surface area contributed by atoms with Crippen molar-refractivity contribution in [2.45, 2.75) is 6.42 Å². The third-order valence-corrected chi connectivity index (χ3v) is 1.72. The van der Waals surface area contributed by atoms with Crippen molar-refractivity contribution in [2.75, 3.05) is 6.54 Å². The quantitative estimate of drug-likeness (QED) is 0.531. The lowest BCUT2D eigenvalue weighted by Gasteiger charge is -1.99. The standard InChI is InChI=1S/C8H11ClN2/c9-8-3-1-7(2-4-8)5-6-11-10/h1-4,11H,5-6,10H2. The third-order valence-electron chi connectivity index (χ3n) is 1.47. The van der Waals surface area contributed by atoms with E-state index in [9.17, 15) is 0 Å². The fourth-order valence-corrected chi connectivity index (χ4v) is 0.994. The fourth-order valence-electron chi connectivity index (χ4n) is 0.868. The van der Waals surface area contributed by atoms with Crippen molar-refractivity contribution >= 4 is 11.6 Å². The Morgan fingerprint density at radius 1 is 1.27 bits per heavy atom. The largest absolute Gasteiger partial charge is 0.271 e. The molecule has 3 N–H and O–H groups in total. The van der Waals surface area contributed by atoms with Crippen LogP contribution in [-0.2, 0) is 6.42 Å². The van der Waals surface area contributed by atoms with E-state index in [2.05, 4.69) is 5.43 Å². The Balaban J connectivity index is 2.52. The molecule has 0 fully saturated rings. The summed E-state index contributed by atoms with van der Waals surface area (Å²) in [5.41, 5.74) is 3.84. The lowest BCUT2D eigenvalue weighted by molar-refractivity contribution is 0.728. The summed E-state index contributed by atoms with van der Waals surface area (Å²) in [5.74, 6) is 5.13. The van der Waals surface area contributed by atoms with Gasteiger partial charge in [-0.2, -0.15) is 0 Å². The minimum Gasteiger partial charge on any atom is -0.271 e. The van der Waals surface area contributed by atoms with E-state index in [1.54, 1.807) is 0 Å². The summed E-state index contributed by atoms with van der Waals surface area (Å²) in [6.45, 7) is 0.793. The van der Waals surface area contributed by atoms with Crippen LogP contribution in [-0.4, -0.2) is 6.54 Å². The number of hydrogen-bond acceptors (Lipinski definition) is 2. The molecule has 1 rings (SSSR count). The Labute approximate surface area is 71.3 Å². The number of hydrazine groups is 1. The Morgan fingerprint density at radius 3 is 2.45 bits per heavy atom. The highest BCUT2D eigenvalue weighted by molar-refractivity contribution is 6.30. The molecule has 11 heavy (non-hydrogen) atoms. The number of nitrogens with two attached hydrogens (primary N) is 1. The molecule has 0 heterocycles. The maximum Gasteiger partial charge on any atom is 0.0406 e. The van der Waals surface area contributed by atoms with E-state index in [0.717, 1.165) is 18.0 Å². The van der Waals surface area contributed by atoms with Crippen LogP contribution in [0.25, 0.3) is 0 Å². The van der Waals surface area contributed by atoms with Crippen LogP contribution in [0.15, 0.2) is 24.3 Å². The molecule has 3 heteroatoms. The average Bonchev–Trinajstić information content (AvgIpc) is 2.04. The first-order chi connectivity index (χ1) is 5.33. The maximum absolute atomic E-state index is 5.71. The summed E-state index contributed by atoms with van der Waals surface area (Å²) in [5, 5.41) is 0.773. The van der Waals surface area contributed by atoms with Gasteiger partial charge >= 0.3 is 0 Å². The van der Waals surface area contributed by atoms with E-state index in [1.807, 2.05) is 24.3 Å². The second-order valence-electron chi connectivity index (χ2n) is 2.33. The van der Waals surface area contributed by atoms with Crippen LogP contribution >= 0.6 is 11.6 Å². The van der Waals surface area contributed by atoms with E-state index < -0.39 is 0 Å². The van der Waals surface area contributed by atoms with Crippen molar-refractivity contribution in [2.24, 2.45) is 5.84 Å². The number of benzene rings is 1. The second kappa shape index (κ2) is 4.34. The molecule has 0 aliphatic carbocycles. The summed E-state index contributed by atoms with van der Waals surface area (Å²) < 4.78 is 0. The highest BCUT2D eigenvalue weighted by Crippen LogP contribution is 2.09. The number of halogens is 1. The molecule has 0 spiro atoms. The van der Waals surface area contributed by atoms with Gasteiger partial charge in [-0.15, -0.1) is 0 Å². The SMILES string of the molecule is NNCCc1ccc(Cl)cc1. The summed E-state index contributed by atoms with van der Waals surface area (Å²) >= 11 is 5.71. The van der Waals surface area contributed by atoms with Crippen molar-refractivity contribution in [3.05, 3.63) is 34.9 Å². The molecule has 60 valence electrons. The first-order valence-corrected chi connectivity index (χ1v) is 3.88. The molecular formula is C8H11ClN2. The smallest absolute Gasteiger partial charge is 0.0406 e. The monoisotopic (exact) mass is 170 g/mol. The Morgan fingerprint density at radius 2 is 1.91 bits per heavy atom. The summed E-state index contributed by atoms with van der Waals surface area (Å²) in [6.07, 6.45) is 0.938. The zero-order valence-electron chi connectivity index (χ0n) is 6.18. The van der Waals surface area contributed by atoms with Crippen molar-refractivity contribution < 1.29 is 0 Å². The van der Waals surface area contributed by atoms with Gasteiger partial charge in [0.15, 0.2) is 0 Å². The van der Waals surface area contributed by atoms with E-state index in [1.165, 1.54) is 5.56 Å². The van der Waals surface area contributed by atoms with Gasteiger partial charge in [0.25, 0.3) is 0 Å². The molecule has 0 aliphatic rings. The third kappa shape index (κ3) is 2.89. The molecule has 0 saturated heterocycles. The van der Waals surface area contributed by atoms with E-state index >= 15 is 0 Å². The van der Waals surface area contributed by atoms with Gasteiger partial charge in [0.05, 0.1) is 0 Å². The Hall–Kier alpha value is -0.570. The van der Waals surface area contributed by atoms with Crippen LogP contribution in [0.1, 0.15) is 5.56 Å². The van der Waals surface area contributed by atoms with E-state index in [0.29, 0.717) is 0 Å². The first kappa shape index (κ1) is 8.53. The molecule has 0 aromatic heterocycles. The van der Waals surface area contributed by atoms with E-state index in [-0.39, 0.29) is 0 Å². The van der Waals surface area contributed by atoms with Gasteiger partial charge in [-0.25, -0.2) is 0 Å². The van der Waals surface area contributed by atoms with Gasteiger partial charge in [0.1, 0.15) is 0 Å².